The Morgan fingerprint density at radius 2 is 2.37 bits per heavy atom. The number of carbonyl (C=O) groups excluding carboxylic acids is 1. The predicted octanol–water partition coefficient (Wildman–Crippen LogP) is 1.36. The van der Waals surface area contributed by atoms with Crippen molar-refractivity contribution < 1.29 is 9.53 Å². The van der Waals surface area contributed by atoms with Gasteiger partial charge in [0.1, 0.15) is 0 Å². The Morgan fingerprint density at radius 1 is 1.58 bits per heavy atom. The first kappa shape index (κ1) is 14.1. The third kappa shape index (κ3) is 3.35. The fourth-order valence-corrected chi connectivity index (χ4v) is 2.82. The highest BCUT2D eigenvalue weighted by Crippen LogP contribution is 2.34. The average molecular weight is 278 g/mol. The SMILES string of the molecule is COC1(CNC(=O)c2ccc(C#CCN)s2)CCC1. The largest absolute Gasteiger partial charge is 0.376 e. The van der Waals surface area contributed by atoms with Crippen LogP contribution in [0.5, 0.6) is 0 Å². The van der Waals surface area contributed by atoms with Gasteiger partial charge < -0.3 is 15.8 Å². The molecule has 1 fully saturated rings. The monoisotopic (exact) mass is 278 g/mol. The van der Waals surface area contributed by atoms with Crippen LogP contribution in [0.4, 0.5) is 0 Å². The summed E-state index contributed by atoms with van der Waals surface area (Å²) in [7, 11) is 1.71. The fraction of sp³-hybridized carbons (Fsp3) is 0.500. The van der Waals surface area contributed by atoms with Crippen LogP contribution in [0.3, 0.4) is 0 Å². The predicted molar refractivity (Wildman–Crippen MR) is 76.2 cm³/mol. The number of hydrogen-bond acceptors (Lipinski definition) is 4. The molecule has 0 atom stereocenters. The van der Waals surface area contributed by atoms with Crippen molar-refractivity contribution in [3.05, 3.63) is 21.9 Å². The van der Waals surface area contributed by atoms with Crippen LogP contribution >= 0.6 is 11.3 Å². The van der Waals surface area contributed by atoms with Gasteiger partial charge in [0.15, 0.2) is 0 Å². The maximum atomic E-state index is 12.0. The van der Waals surface area contributed by atoms with Gasteiger partial charge in [-0.25, -0.2) is 0 Å². The summed E-state index contributed by atoms with van der Waals surface area (Å²) in [6, 6.07) is 3.64. The fourth-order valence-electron chi connectivity index (χ4n) is 2.02. The van der Waals surface area contributed by atoms with E-state index in [2.05, 4.69) is 17.2 Å². The molecule has 5 heteroatoms. The van der Waals surface area contributed by atoms with Crippen molar-refractivity contribution in [3.63, 3.8) is 0 Å². The Bertz CT molecular complexity index is 503. The summed E-state index contributed by atoms with van der Waals surface area (Å²) in [6.07, 6.45) is 3.20. The number of carbonyl (C=O) groups is 1. The minimum absolute atomic E-state index is 0.0610. The first-order chi connectivity index (χ1) is 9.19. The van der Waals surface area contributed by atoms with Gasteiger partial charge in [-0.15, -0.1) is 11.3 Å². The van der Waals surface area contributed by atoms with Gasteiger partial charge in [0.25, 0.3) is 5.91 Å². The maximum absolute atomic E-state index is 12.0. The van der Waals surface area contributed by atoms with Crippen molar-refractivity contribution in [3.8, 4) is 11.8 Å². The molecule has 1 aliphatic carbocycles. The van der Waals surface area contributed by atoms with Gasteiger partial charge in [-0.1, -0.05) is 11.8 Å². The van der Waals surface area contributed by atoms with Crippen molar-refractivity contribution in [1.29, 1.82) is 0 Å². The van der Waals surface area contributed by atoms with E-state index in [9.17, 15) is 4.79 Å². The molecule has 1 heterocycles. The molecule has 0 aliphatic heterocycles. The third-order valence-corrected chi connectivity index (χ3v) is 4.41. The number of nitrogens with two attached hydrogens (primary N) is 1. The second kappa shape index (κ2) is 6.20. The van der Waals surface area contributed by atoms with Crippen molar-refractivity contribution in [2.24, 2.45) is 5.73 Å². The van der Waals surface area contributed by atoms with E-state index in [0.717, 1.165) is 17.7 Å². The highest BCUT2D eigenvalue weighted by Gasteiger charge is 2.37. The molecule has 1 amide bonds. The highest BCUT2D eigenvalue weighted by atomic mass is 32.1. The van der Waals surface area contributed by atoms with Crippen LogP contribution in [0.2, 0.25) is 0 Å². The Morgan fingerprint density at radius 3 is 2.95 bits per heavy atom. The van der Waals surface area contributed by atoms with E-state index in [1.165, 1.54) is 17.8 Å². The van der Waals surface area contributed by atoms with Crippen LogP contribution in [-0.2, 0) is 4.74 Å². The van der Waals surface area contributed by atoms with Crippen LogP contribution in [0, 0.1) is 11.8 Å². The van der Waals surface area contributed by atoms with Gasteiger partial charge in [0, 0.05) is 13.7 Å². The number of hydrogen-bond donors (Lipinski definition) is 2. The summed E-state index contributed by atoms with van der Waals surface area (Å²) in [4.78, 5) is 13.5. The van der Waals surface area contributed by atoms with Crippen molar-refractivity contribution >= 4 is 17.2 Å². The lowest BCUT2D eigenvalue weighted by Crippen LogP contribution is -2.49. The first-order valence-corrected chi connectivity index (χ1v) is 7.13. The van der Waals surface area contributed by atoms with Gasteiger partial charge in [-0.3, -0.25) is 4.79 Å². The van der Waals surface area contributed by atoms with Crippen LogP contribution in [0.15, 0.2) is 12.1 Å². The number of nitrogens with one attached hydrogen (secondary N) is 1. The molecule has 4 nitrogen and oxygen atoms in total. The van der Waals surface area contributed by atoms with E-state index in [0.29, 0.717) is 18.0 Å². The summed E-state index contributed by atoms with van der Waals surface area (Å²) in [5.41, 5.74) is 5.17. The van der Waals surface area contributed by atoms with E-state index in [-0.39, 0.29) is 11.5 Å². The molecule has 2 rings (SSSR count). The first-order valence-electron chi connectivity index (χ1n) is 6.31. The second-order valence-electron chi connectivity index (χ2n) is 4.59. The normalized spacial score (nSPS) is 16.1. The molecule has 0 radical (unpaired) electrons. The van der Waals surface area contributed by atoms with Crippen molar-refractivity contribution in [1.82, 2.24) is 5.32 Å². The van der Waals surface area contributed by atoms with E-state index >= 15 is 0 Å². The summed E-state index contributed by atoms with van der Waals surface area (Å²) < 4.78 is 5.47. The second-order valence-corrected chi connectivity index (χ2v) is 5.68. The number of amides is 1. The van der Waals surface area contributed by atoms with Crippen LogP contribution in [0.25, 0.3) is 0 Å². The summed E-state index contributed by atoms with van der Waals surface area (Å²) in [6.45, 7) is 0.903. The summed E-state index contributed by atoms with van der Waals surface area (Å²) >= 11 is 1.38. The van der Waals surface area contributed by atoms with E-state index < -0.39 is 0 Å². The Balaban J connectivity index is 1.91. The molecule has 19 heavy (non-hydrogen) atoms. The van der Waals surface area contributed by atoms with E-state index in [1.54, 1.807) is 13.2 Å². The number of rotatable bonds is 4. The quantitative estimate of drug-likeness (QED) is 0.817. The smallest absolute Gasteiger partial charge is 0.261 e. The van der Waals surface area contributed by atoms with Gasteiger partial charge >= 0.3 is 0 Å². The zero-order valence-electron chi connectivity index (χ0n) is 11.0. The van der Waals surface area contributed by atoms with Crippen LogP contribution < -0.4 is 11.1 Å². The summed E-state index contributed by atoms with van der Waals surface area (Å²) in [5.74, 6) is 5.64. The van der Waals surface area contributed by atoms with Crippen molar-refractivity contribution in [2.45, 2.75) is 24.9 Å². The molecule has 0 bridgehead atoms. The molecule has 1 saturated carbocycles. The lowest BCUT2D eigenvalue weighted by Gasteiger charge is -2.40. The number of ether oxygens (including phenoxy) is 1. The molecule has 0 aromatic carbocycles. The Labute approximate surface area is 117 Å². The van der Waals surface area contributed by atoms with Crippen LogP contribution in [0.1, 0.15) is 33.8 Å². The molecule has 0 saturated heterocycles. The molecular weight excluding hydrogens is 260 g/mol. The van der Waals surface area contributed by atoms with Crippen LogP contribution in [-0.4, -0.2) is 31.7 Å². The number of methoxy groups -OCH3 is 1. The molecule has 0 unspecified atom stereocenters. The van der Waals surface area contributed by atoms with E-state index in [1.807, 2.05) is 6.07 Å². The maximum Gasteiger partial charge on any atom is 0.261 e. The highest BCUT2D eigenvalue weighted by molar-refractivity contribution is 7.14. The lowest BCUT2D eigenvalue weighted by atomic mass is 9.80. The topological polar surface area (TPSA) is 64.3 Å². The van der Waals surface area contributed by atoms with Gasteiger partial charge in [0.05, 0.1) is 21.9 Å². The summed E-state index contributed by atoms with van der Waals surface area (Å²) in [5, 5.41) is 2.94. The zero-order chi connectivity index (χ0) is 13.7. The third-order valence-electron chi connectivity index (χ3n) is 3.41. The number of thiophene rings is 1. The minimum Gasteiger partial charge on any atom is -0.376 e. The van der Waals surface area contributed by atoms with Gasteiger partial charge in [0.2, 0.25) is 0 Å². The standard InChI is InChI=1S/C14H18N2O2S/c1-18-14(7-3-8-14)10-16-13(17)12-6-5-11(19-12)4-2-9-15/h5-6H,3,7-10,15H2,1H3,(H,16,17). The molecular formula is C14H18N2O2S. The molecule has 1 aliphatic rings. The van der Waals surface area contributed by atoms with Gasteiger partial charge in [-0.05, 0) is 31.4 Å². The molecule has 102 valence electrons. The zero-order valence-corrected chi connectivity index (χ0v) is 11.8. The lowest BCUT2D eigenvalue weighted by molar-refractivity contribution is -0.0679. The molecule has 3 N–H and O–H groups in total. The molecule has 1 aromatic heterocycles. The Hall–Kier alpha value is -1.35. The molecule has 0 spiro atoms. The average Bonchev–Trinajstić information content (AvgIpc) is 2.84. The van der Waals surface area contributed by atoms with Gasteiger partial charge in [-0.2, -0.15) is 0 Å². The minimum atomic E-state index is -0.144. The Kier molecular flexibility index (Phi) is 4.59. The van der Waals surface area contributed by atoms with Crippen molar-refractivity contribution in [2.75, 3.05) is 20.2 Å². The van der Waals surface area contributed by atoms with E-state index in [4.69, 9.17) is 10.5 Å². The molecule has 1 aromatic rings.